The maximum absolute atomic E-state index is 13.0. The SMILES string of the molecule is Cc1ccc(CNCc2ccccc2OCc2ccc(F)cc2)cc1.Cl. The second-order valence-electron chi connectivity index (χ2n) is 6.11. The predicted octanol–water partition coefficient (Wildman–Crippen LogP) is 5.42. The van der Waals surface area contributed by atoms with Gasteiger partial charge in [0.1, 0.15) is 18.2 Å². The van der Waals surface area contributed by atoms with E-state index in [1.807, 2.05) is 18.2 Å². The van der Waals surface area contributed by atoms with Crippen LogP contribution in [0.15, 0.2) is 72.8 Å². The molecule has 0 atom stereocenters. The summed E-state index contributed by atoms with van der Waals surface area (Å²) in [5, 5.41) is 3.45. The molecule has 0 bridgehead atoms. The summed E-state index contributed by atoms with van der Waals surface area (Å²) in [6, 6.07) is 22.9. The van der Waals surface area contributed by atoms with Crippen molar-refractivity contribution in [3.63, 3.8) is 0 Å². The fourth-order valence-corrected chi connectivity index (χ4v) is 2.58. The Morgan fingerprint density at radius 3 is 2.19 bits per heavy atom. The van der Waals surface area contributed by atoms with Gasteiger partial charge in [0.25, 0.3) is 0 Å². The number of para-hydroxylation sites is 1. The molecule has 0 fully saturated rings. The van der Waals surface area contributed by atoms with Crippen LogP contribution in [0.25, 0.3) is 0 Å². The van der Waals surface area contributed by atoms with Crippen LogP contribution in [-0.4, -0.2) is 0 Å². The fourth-order valence-electron chi connectivity index (χ4n) is 2.58. The highest BCUT2D eigenvalue weighted by Crippen LogP contribution is 2.19. The van der Waals surface area contributed by atoms with Gasteiger partial charge >= 0.3 is 0 Å². The zero-order valence-corrected chi connectivity index (χ0v) is 15.6. The lowest BCUT2D eigenvalue weighted by Gasteiger charge is -2.12. The number of aryl methyl sites for hydroxylation is 1. The van der Waals surface area contributed by atoms with E-state index in [1.165, 1.54) is 23.3 Å². The maximum Gasteiger partial charge on any atom is 0.124 e. The summed E-state index contributed by atoms with van der Waals surface area (Å²) < 4.78 is 18.9. The second-order valence-corrected chi connectivity index (χ2v) is 6.11. The van der Waals surface area contributed by atoms with Crippen molar-refractivity contribution in [1.29, 1.82) is 0 Å². The third kappa shape index (κ3) is 5.87. The molecule has 0 heterocycles. The van der Waals surface area contributed by atoms with Crippen molar-refractivity contribution in [2.75, 3.05) is 0 Å². The smallest absolute Gasteiger partial charge is 0.124 e. The lowest BCUT2D eigenvalue weighted by Crippen LogP contribution is -2.13. The number of halogens is 2. The van der Waals surface area contributed by atoms with Gasteiger partial charge in [-0.15, -0.1) is 12.4 Å². The molecule has 3 aromatic carbocycles. The molecule has 0 amide bonds. The molecule has 136 valence electrons. The zero-order chi connectivity index (χ0) is 17.5. The molecule has 0 spiro atoms. The van der Waals surface area contributed by atoms with Gasteiger partial charge in [0.2, 0.25) is 0 Å². The predicted molar refractivity (Wildman–Crippen MR) is 106 cm³/mol. The lowest BCUT2D eigenvalue weighted by molar-refractivity contribution is 0.302. The summed E-state index contributed by atoms with van der Waals surface area (Å²) in [4.78, 5) is 0. The Bertz CT molecular complexity index is 803. The van der Waals surface area contributed by atoms with Crippen LogP contribution < -0.4 is 10.1 Å². The molecule has 0 saturated heterocycles. The Morgan fingerprint density at radius 2 is 1.46 bits per heavy atom. The Kier molecular flexibility index (Phi) is 7.64. The minimum atomic E-state index is -0.232. The van der Waals surface area contributed by atoms with Crippen LogP contribution in [0.2, 0.25) is 0 Å². The monoisotopic (exact) mass is 371 g/mol. The molecule has 0 radical (unpaired) electrons. The topological polar surface area (TPSA) is 21.3 Å². The average molecular weight is 372 g/mol. The zero-order valence-electron chi connectivity index (χ0n) is 14.7. The first-order valence-electron chi connectivity index (χ1n) is 8.42. The normalized spacial score (nSPS) is 10.2. The van der Waals surface area contributed by atoms with Crippen molar-refractivity contribution in [3.05, 3.63) is 101 Å². The lowest BCUT2D eigenvalue weighted by atomic mass is 10.1. The summed E-state index contributed by atoms with van der Waals surface area (Å²) in [5.41, 5.74) is 4.58. The third-order valence-electron chi connectivity index (χ3n) is 4.05. The van der Waals surface area contributed by atoms with E-state index in [4.69, 9.17) is 4.74 Å². The van der Waals surface area contributed by atoms with Gasteiger partial charge in [-0.3, -0.25) is 0 Å². The average Bonchev–Trinajstić information content (AvgIpc) is 2.64. The molecule has 26 heavy (non-hydrogen) atoms. The maximum atomic E-state index is 13.0. The number of benzene rings is 3. The fraction of sp³-hybridized carbons (Fsp3) is 0.182. The molecule has 0 aliphatic rings. The first-order chi connectivity index (χ1) is 12.2. The highest BCUT2D eigenvalue weighted by Gasteiger charge is 2.04. The van der Waals surface area contributed by atoms with Gasteiger partial charge in [-0.25, -0.2) is 4.39 Å². The molecular formula is C22H23ClFNO. The van der Waals surface area contributed by atoms with Gasteiger partial charge in [-0.2, -0.15) is 0 Å². The summed E-state index contributed by atoms with van der Waals surface area (Å²) in [5.74, 6) is 0.618. The quantitative estimate of drug-likeness (QED) is 0.598. The Balaban J connectivity index is 0.00000243. The number of nitrogens with one attached hydrogen (secondary N) is 1. The van der Waals surface area contributed by atoms with Crippen LogP contribution in [-0.2, 0) is 19.7 Å². The summed E-state index contributed by atoms with van der Waals surface area (Å²) in [7, 11) is 0. The molecule has 0 aliphatic carbocycles. The molecule has 0 aromatic heterocycles. The standard InChI is InChI=1S/C22H22FNO.ClH/c1-17-6-8-18(9-7-17)14-24-15-20-4-2-3-5-22(20)25-16-19-10-12-21(23)13-11-19;/h2-13,24H,14-16H2,1H3;1H. The third-order valence-corrected chi connectivity index (χ3v) is 4.05. The van der Waals surface area contributed by atoms with Crippen molar-refractivity contribution in [2.24, 2.45) is 0 Å². The van der Waals surface area contributed by atoms with Gasteiger partial charge < -0.3 is 10.1 Å². The molecular weight excluding hydrogens is 349 g/mol. The second kappa shape index (κ2) is 9.95. The Labute approximate surface area is 160 Å². The van der Waals surface area contributed by atoms with Crippen molar-refractivity contribution >= 4 is 12.4 Å². The van der Waals surface area contributed by atoms with Gasteiger partial charge in [0, 0.05) is 18.7 Å². The van der Waals surface area contributed by atoms with Crippen LogP contribution in [0.3, 0.4) is 0 Å². The van der Waals surface area contributed by atoms with Crippen LogP contribution in [0.5, 0.6) is 5.75 Å². The van der Waals surface area contributed by atoms with Crippen molar-refractivity contribution in [3.8, 4) is 5.75 Å². The molecule has 0 saturated carbocycles. The molecule has 3 aromatic rings. The van der Waals surface area contributed by atoms with Crippen molar-refractivity contribution in [2.45, 2.75) is 26.6 Å². The van der Waals surface area contributed by atoms with Crippen LogP contribution in [0, 0.1) is 12.7 Å². The highest BCUT2D eigenvalue weighted by molar-refractivity contribution is 5.85. The van der Waals surface area contributed by atoms with E-state index in [0.717, 1.165) is 30.0 Å². The first-order valence-corrected chi connectivity index (χ1v) is 8.42. The minimum Gasteiger partial charge on any atom is -0.489 e. The van der Waals surface area contributed by atoms with E-state index in [2.05, 4.69) is 42.6 Å². The molecule has 0 aliphatic heterocycles. The van der Waals surface area contributed by atoms with Gasteiger partial charge in [0.15, 0.2) is 0 Å². The minimum absolute atomic E-state index is 0. The summed E-state index contributed by atoms with van der Waals surface area (Å²) in [6.45, 7) is 4.06. The van der Waals surface area contributed by atoms with Crippen LogP contribution in [0.1, 0.15) is 22.3 Å². The van der Waals surface area contributed by atoms with E-state index in [0.29, 0.717) is 6.61 Å². The first kappa shape index (κ1) is 20.0. The molecule has 3 rings (SSSR count). The number of hydrogen-bond acceptors (Lipinski definition) is 2. The van der Waals surface area contributed by atoms with E-state index < -0.39 is 0 Å². The largest absolute Gasteiger partial charge is 0.489 e. The molecule has 2 nitrogen and oxygen atoms in total. The van der Waals surface area contributed by atoms with E-state index in [9.17, 15) is 4.39 Å². The summed E-state index contributed by atoms with van der Waals surface area (Å²) in [6.07, 6.45) is 0. The van der Waals surface area contributed by atoms with Gasteiger partial charge in [-0.05, 0) is 36.2 Å². The highest BCUT2D eigenvalue weighted by atomic mass is 35.5. The van der Waals surface area contributed by atoms with Crippen LogP contribution >= 0.6 is 12.4 Å². The van der Waals surface area contributed by atoms with E-state index in [1.54, 1.807) is 12.1 Å². The molecule has 4 heteroatoms. The van der Waals surface area contributed by atoms with Crippen molar-refractivity contribution in [1.82, 2.24) is 5.32 Å². The van der Waals surface area contributed by atoms with E-state index in [-0.39, 0.29) is 18.2 Å². The van der Waals surface area contributed by atoms with E-state index >= 15 is 0 Å². The van der Waals surface area contributed by atoms with Crippen LogP contribution in [0.4, 0.5) is 4.39 Å². The number of rotatable bonds is 7. The Hall–Kier alpha value is -2.36. The van der Waals surface area contributed by atoms with Gasteiger partial charge in [-0.1, -0.05) is 60.2 Å². The Morgan fingerprint density at radius 1 is 0.808 bits per heavy atom. The summed E-state index contributed by atoms with van der Waals surface area (Å²) >= 11 is 0. The molecule has 1 N–H and O–H groups in total. The number of hydrogen-bond donors (Lipinski definition) is 1. The van der Waals surface area contributed by atoms with Gasteiger partial charge in [0.05, 0.1) is 0 Å². The molecule has 0 unspecified atom stereocenters. The number of ether oxygens (including phenoxy) is 1. The van der Waals surface area contributed by atoms with Crippen molar-refractivity contribution < 1.29 is 9.13 Å².